The van der Waals surface area contributed by atoms with Crippen LogP contribution in [0.4, 0.5) is 11.4 Å². The molecular weight excluding hydrogens is 506 g/mol. The number of methoxy groups -OCH3 is 1. The van der Waals surface area contributed by atoms with Gasteiger partial charge in [0.2, 0.25) is 0 Å². The molecule has 0 aliphatic carbocycles. The van der Waals surface area contributed by atoms with Gasteiger partial charge < -0.3 is 24.8 Å². The Morgan fingerprint density at radius 3 is 2.45 bits per heavy atom. The van der Waals surface area contributed by atoms with Crippen LogP contribution in [0.1, 0.15) is 23.6 Å². The molecule has 2 amide bonds. The first-order valence-corrected chi connectivity index (χ1v) is 12.2. The number of hydrogen-bond donors (Lipinski definition) is 2. The van der Waals surface area contributed by atoms with Crippen molar-refractivity contribution in [1.29, 1.82) is 5.26 Å². The third kappa shape index (κ3) is 7.28. The van der Waals surface area contributed by atoms with Gasteiger partial charge in [-0.25, -0.2) is 0 Å². The average Bonchev–Trinajstić information content (AvgIpc) is 2.90. The fraction of sp³-hybridized carbons (Fsp3) is 0.207. The Bertz CT molecular complexity index is 1390. The molecule has 0 heterocycles. The lowest BCUT2D eigenvalue weighted by atomic mass is 10.1. The van der Waals surface area contributed by atoms with Gasteiger partial charge in [-0.15, -0.1) is 0 Å². The SMILES string of the molecule is CCOc1cc(/C=C(/C#N)C(=O)Nc2ccc(OC)cc2)cc(Cl)c1OCC(=O)Nc1cccc(C)c1C. The quantitative estimate of drug-likeness (QED) is 0.247. The van der Waals surface area contributed by atoms with Crippen LogP contribution >= 0.6 is 11.6 Å². The highest BCUT2D eigenvalue weighted by Crippen LogP contribution is 2.37. The van der Waals surface area contributed by atoms with Crippen molar-refractivity contribution in [3.63, 3.8) is 0 Å². The standard InChI is InChI=1S/C29H28ClN3O5/c1-5-37-26-15-20(13-21(16-31)29(35)32-22-9-11-23(36-4)12-10-22)14-24(30)28(26)38-17-27(34)33-25-8-6-7-18(2)19(25)3/h6-15H,5,17H2,1-4H3,(H,32,35)(H,33,34)/b21-13-. The molecule has 0 aliphatic rings. The number of ether oxygens (including phenoxy) is 3. The van der Waals surface area contributed by atoms with Crippen molar-refractivity contribution in [2.45, 2.75) is 20.8 Å². The van der Waals surface area contributed by atoms with E-state index in [0.717, 1.165) is 11.1 Å². The molecule has 0 radical (unpaired) electrons. The Kier molecular flexibility index (Phi) is 9.74. The highest BCUT2D eigenvalue weighted by molar-refractivity contribution is 6.32. The first kappa shape index (κ1) is 28.1. The van der Waals surface area contributed by atoms with Gasteiger partial charge in [0, 0.05) is 11.4 Å². The van der Waals surface area contributed by atoms with E-state index in [1.165, 1.54) is 12.1 Å². The molecule has 3 rings (SSSR count). The minimum atomic E-state index is -0.588. The molecule has 2 N–H and O–H groups in total. The summed E-state index contributed by atoms with van der Waals surface area (Å²) in [5.74, 6) is 0.155. The van der Waals surface area contributed by atoms with Gasteiger partial charge in [-0.05, 0) is 86.0 Å². The smallest absolute Gasteiger partial charge is 0.266 e. The van der Waals surface area contributed by atoms with E-state index < -0.39 is 5.91 Å². The van der Waals surface area contributed by atoms with Gasteiger partial charge in [-0.3, -0.25) is 9.59 Å². The van der Waals surface area contributed by atoms with E-state index in [2.05, 4.69) is 10.6 Å². The van der Waals surface area contributed by atoms with Crippen molar-refractivity contribution in [2.75, 3.05) is 31.0 Å². The van der Waals surface area contributed by atoms with E-state index in [4.69, 9.17) is 25.8 Å². The zero-order valence-electron chi connectivity index (χ0n) is 21.6. The van der Waals surface area contributed by atoms with Crippen molar-refractivity contribution in [2.24, 2.45) is 0 Å². The van der Waals surface area contributed by atoms with Gasteiger partial charge in [0.1, 0.15) is 17.4 Å². The second kappa shape index (κ2) is 13.2. The molecule has 38 heavy (non-hydrogen) atoms. The van der Waals surface area contributed by atoms with Crippen LogP contribution in [0.15, 0.2) is 60.2 Å². The number of nitrogens with one attached hydrogen (secondary N) is 2. The summed E-state index contributed by atoms with van der Waals surface area (Å²) in [5, 5.41) is 15.2. The lowest BCUT2D eigenvalue weighted by molar-refractivity contribution is -0.118. The van der Waals surface area contributed by atoms with Crippen molar-refractivity contribution in [3.05, 3.63) is 81.9 Å². The maximum Gasteiger partial charge on any atom is 0.266 e. The number of rotatable bonds is 10. The van der Waals surface area contributed by atoms with E-state index in [-0.39, 0.29) is 34.6 Å². The summed E-state index contributed by atoms with van der Waals surface area (Å²) in [6, 6.07) is 17.4. The van der Waals surface area contributed by atoms with Gasteiger partial charge in [0.25, 0.3) is 11.8 Å². The van der Waals surface area contributed by atoms with E-state index in [1.54, 1.807) is 44.4 Å². The largest absolute Gasteiger partial charge is 0.497 e. The van der Waals surface area contributed by atoms with E-state index in [9.17, 15) is 14.9 Å². The summed E-state index contributed by atoms with van der Waals surface area (Å²) in [6.45, 7) is 5.69. The minimum absolute atomic E-state index is 0.138. The Morgan fingerprint density at radius 1 is 1.05 bits per heavy atom. The number of carbonyl (C=O) groups excluding carboxylic acids is 2. The number of amides is 2. The molecule has 3 aromatic rings. The van der Waals surface area contributed by atoms with Crippen LogP contribution in [0.3, 0.4) is 0 Å². The van der Waals surface area contributed by atoms with Gasteiger partial charge in [-0.1, -0.05) is 23.7 Å². The molecule has 0 aromatic heterocycles. The molecule has 0 saturated heterocycles. The predicted molar refractivity (Wildman–Crippen MR) is 148 cm³/mol. The maximum atomic E-state index is 12.7. The van der Waals surface area contributed by atoms with Crippen LogP contribution < -0.4 is 24.8 Å². The number of aryl methyl sites for hydroxylation is 1. The molecule has 0 atom stereocenters. The number of anilines is 2. The fourth-order valence-electron chi connectivity index (χ4n) is 3.47. The summed E-state index contributed by atoms with van der Waals surface area (Å²) < 4.78 is 16.5. The molecular formula is C29H28ClN3O5. The topological polar surface area (TPSA) is 110 Å². The number of halogens is 1. The molecule has 0 saturated carbocycles. The molecule has 3 aromatic carbocycles. The number of carbonyl (C=O) groups is 2. The number of nitriles is 1. The zero-order chi connectivity index (χ0) is 27.7. The summed E-state index contributed by atoms with van der Waals surface area (Å²) in [7, 11) is 1.54. The number of benzene rings is 3. The van der Waals surface area contributed by atoms with Crippen LogP contribution in [-0.2, 0) is 9.59 Å². The Morgan fingerprint density at radius 2 is 1.79 bits per heavy atom. The number of hydrogen-bond acceptors (Lipinski definition) is 6. The molecule has 0 aliphatic heterocycles. The monoisotopic (exact) mass is 533 g/mol. The molecule has 0 unspecified atom stereocenters. The summed E-state index contributed by atoms with van der Waals surface area (Å²) in [6.07, 6.45) is 1.39. The molecule has 196 valence electrons. The molecule has 0 bridgehead atoms. The van der Waals surface area contributed by atoms with Gasteiger partial charge in [0.05, 0.1) is 18.7 Å². The van der Waals surface area contributed by atoms with Crippen molar-refractivity contribution in [1.82, 2.24) is 0 Å². The van der Waals surface area contributed by atoms with Crippen molar-refractivity contribution >= 4 is 40.9 Å². The fourth-order valence-corrected chi connectivity index (χ4v) is 3.75. The number of nitrogens with zero attached hydrogens (tertiary/aromatic N) is 1. The molecule has 0 spiro atoms. The lowest BCUT2D eigenvalue weighted by Crippen LogP contribution is -2.21. The normalized spacial score (nSPS) is 10.8. The Balaban J connectivity index is 1.76. The summed E-state index contributed by atoms with van der Waals surface area (Å²) in [4.78, 5) is 25.2. The van der Waals surface area contributed by atoms with Crippen LogP contribution in [0.25, 0.3) is 6.08 Å². The predicted octanol–water partition coefficient (Wildman–Crippen LogP) is 5.93. The second-order valence-corrected chi connectivity index (χ2v) is 8.61. The minimum Gasteiger partial charge on any atom is -0.497 e. The van der Waals surface area contributed by atoms with Crippen LogP contribution in [0.2, 0.25) is 5.02 Å². The van der Waals surface area contributed by atoms with Crippen LogP contribution in [0, 0.1) is 25.2 Å². The van der Waals surface area contributed by atoms with E-state index in [1.807, 2.05) is 38.1 Å². The highest BCUT2D eigenvalue weighted by atomic mass is 35.5. The maximum absolute atomic E-state index is 12.7. The van der Waals surface area contributed by atoms with Gasteiger partial charge in [0.15, 0.2) is 18.1 Å². The summed E-state index contributed by atoms with van der Waals surface area (Å²) >= 11 is 6.46. The van der Waals surface area contributed by atoms with Crippen LogP contribution in [-0.4, -0.2) is 32.1 Å². The molecule has 8 nitrogen and oxygen atoms in total. The molecule has 0 fully saturated rings. The third-order valence-electron chi connectivity index (χ3n) is 5.58. The van der Waals surface area contributed by atoms with Gasteiger partial charge in [-0.2, -0.15) is 5.26 Å². The molecule has 9 heteroatoms. The second-order valence-electron chi connectivity index (χ2n) is 8.20. The van der Waals surface area contributed by atoms with Crippen molar-refractivity contribution in [3.8, 4) is 23.3 Å². The lowest BCUT2D eigenvalue weighted by Gasteiger charge is -2.15. The van der Waals surface area contributed by atoms with Gasteiger partial charge >= 0.3 is 0 Å². The third-order valence-corrected chi connectivity index (χ3v) is 5.86. The van der Waals surface area contributed by atoms with Crippen molar-refractivity contribution < 1.29 is 23.8 Å². The average molecular weight is 534 g/mol. The Labute approximate surface area is 226 Å². The van der Waals surface area contributed by atoms with Crippen LogP contribution in [0.5, 0.6) is 17.2 Å². The van der Waals surface area contributed by atoms with E-state index >= 15 is 0 Å². The first-order chi connectivity index (χ1) is 18.2. The summed E-state index contributed by atoms with van der Waals surface area (Å²) in [5.41, 5.74) is 3.55. The highest BCUT2D eigenvalue weighted by Gasteiger charge is 2.16. The Hall–Kier alpha value is -4.48. The first-order valence-electron chi connectivity index (χ1n) is 11.8. The van der Waals surface area contributed by atoms with E-state index in [0.29, 0.717) is 29.3 Å². The zero-order valence-corrected chi connectivity index (χ0v) is 22.3.